The first-order chi connectivity index (χ1) is 20.0. The lowest BCUT2D eigenvalue weighted by atomic mass is 9.58. The van der Waals surface area contributed by atoms with Gasteiger partial charge >= 0.3 is 6.18 Å². The number of benzene rings is 2. The fraction of sp³-hybridized carbons (Fsp3) is 0.467. The van der Waals surface area contributed by atoms with Gasteiger partial charge in [-0.15, -0.1) is 10.2 Å². The molecule has 1 unspecified atom stereocenters. The predicted molar refractivity (Wildman–Crippen MR) is 145 cm³/mol. The number of nitrogens with one attached hydrogen (secondary N) is 1. The van der Waals surface area contributed by atoms with Crippen LogP contribution in [0.3, 0.4) is 0 Å². The summed E-state index contributed by atoms with van der Waals surface area (Å²) in [4.78, 5) is 26.6. The molecule has 0 spiro atoms. The number of anilines is 1. The summed E-state index contributed by atoms with van der Waals surface area (Å²) in [6.07, 6.45) is -0.737. The van der Waals surface area contributed by atoms with Gasteiger partial charge in [0.15, 0.2) is 0 Å². The van der Waals surface area contributed by atoms with Crippen molar-refractivity contribution in [3.05, 3.63) is 76.4 Å². The summed E-state index contributed by atoms with van der Waals surface area (Å²) in [6.45, 7) is 2.27. The summed E-state index contributed by atoms with van der Waals surface area (Å²) >= 11 is 0. The molecule has 222 valence electrons. The number of carbonyl (C=O) groups is 2. The molecule has 1 aromatic heterocycles. The molecular formula is C30H32F3N5O4. The van der Waals surface area contributed by atoms with Gasteiger partial charge < -0.3 is 19.7 Å². The molecule has 2 heterocycles. The highest BCUT2D eigenvalue weighted by molar-refractivity contribution is 6.11. The molecule has 2 fully saturated rings. The fourth-order valence-electron chi connectivity index (χ4n) is 6.76. The Kier molecular flexibility index (Phi) is 6.88. The zero-order chi connectivity index (χ0) is 29.9. The number of rotatable bonds is 9. The third-order valence-electron chi connectivity index (χ3n) is 9.19. The van der Waals surface area contributed by atoms with Crippen molar-refractivity contribution in [2.24, 2.45) is 13.0 Å². The molecule has 0 radical (unpaired) electrons. The predicted octanol–water partition coefficient (Wildman–Crippen LogP) is 4.39. The second kappa shape index (κ2) is 10.2. The van der Waals surface area contributed by atoms with Gasteiger partial charge in [-0.2, -0.15) is 13.2 Å². The van der Waals surface area contributed by atoms with Crippen LogP contribution >= 0.6 is 0 Å². The van der Waals surface area contributed by atoms with Crippen molar-refractivity contribution in [1.82, 2.24) is 20.1 Å². The van der Waals surface area contributed by atoms with Crippen LogP contribution < -0.4 is 10.2 Å². The maximum atomic E-state index is 14.5. The van der Waals surface area contributed by atoms with Crippen LogP contribution in [-0.4, -0.2) is 44.4 Å². The SMILES string of the molecule is Cn1cnnc1C1(c2cccc(N3C(=O)c4cc(CNC5(C)CCC5)cc(C(F)(F)F)c4C3OC=O)c2)CC(CO)C1. The molecule has 6 rings (SSSR count). The third-order valence-corrected chi connectivity index (χ3v) is 9.19. The number of alkyl halides is 3. The van der Waals surface area contributed by atoms with E-state index in [2.05, 4.69) is 15.5 Å². The van der Waals surface area contributed by atoms with Crippen LogP contribution in [0.15, 0.2) is 42.7 Å². The van der Waals surface area contributed by atoms with E-state index in [0.29, 0.717) is 24.2 Å². The number of aromatic nitrogens is 3. The number of aliphatic hydroxyl groups is 1. The molecule has 2 saturated carbocycles. The average Bonchev–Trinajstić information content (AvgIpc) is 3.46. The number of carbonyl (C=O) groups excluding carboxylic acids is 2. The minimum absolute atomic E-state index is 0.00498. The molecule has 0 bridgehead atoms. The van der Waals surface area contributed by atoms with Crippen molar-refractivity contribution in [2.45, 2.75) is 68.9 Å². The molecule has 42 heavy (non-hydrogen) atoms. The number of ether oxygens (including phenoxy) is 1. The van der Waals surface area contributed by atoms with Crippen molar-refractivity contribution < 1.29 is 32.6 Å². The first kappa shape index (κ1) is 28.4. The topological polar surface area (TPSA) is 110 Å². The number of fused-ring (bicyclic) bond motifs is 1. The van der Waals surface area contributed by atoms with E-state index in [4.69, 9.17) is 4.74 Å². The minimum Gasteiger partial charge on any atom is -0.439 e. The van der Waals surface area contributed by atoms with Gasteiger partial charge in [0.05, 0.1) is 11.0 Å². The van der Waals surface area contributed by atoms with E-state index in [-0.39, 0.29) is 47.9 Å². The third kappa shape index (κ3) is 4.57. The number of aryl methyl sites for hydroxylation is 1. The normalized spacial score (nSPS) is 24.6. The molecule has 2 N–H and O–H groups in total. The van der Waals surface area contributed by atoms with Crippen molar-refractivity contribution in [3.8, 4) is 0 Å². The molecule has 2 aromatic carbocycles. The van der Waals surface area contributed by atoms with Crippen LogP contribution in [0, 0.1) is 5.92 Å². The van der Waals surface area contributed by atoms with Gasteiger partial charge in [-0.1, -0.05) is 12.1 Å². The van der Waals surface area contributed by atoms with E-state index in [1.807, 2.05) is 20.0 Å². The van der Waals surface area contributed by atoms with Gasteiger partial charge in [-0.05, 0) is 80.3 Å². The smallest absolute Gasteiger partial charge is 0.416 e. The van der Waals surface area contributed by atoms with E-state index in [9.17, 15) is 27.9 Å². The highest BCUT2D eigenvalue weighted by Crippen LogP contribution is 2.53. The molecule has 2 aliphatic carbocycles. The van der Waals surface area contributed by atoms with Crippen molar-refractivity contribution in [2.75, 3.05) is 11.5 Å². The first-order valence-corrected chi connectivity index (χ1v) is 14.0. The molecule has 1 atom stereocenters. The summed E-state index contributed by atoms with van der Waals surface area (Å²) in [6, 6.07) is 9.40. The highest BCUT2D eigenvalue weighted by Gasteiger charge is 2.51. The van der Waals surface area contributed by atoms with E-state index < -0.39 is 29.3 Å². The number of nitrogens with zero attached hydrogens (tertiary/aromatic N) is 4. The molecule has 1 amide bonds. The first-order valence-electron chi connectivity index (χ1n) is 14.0. The van der Waals surface area contributed by atoms with Crippen molar-refractivity contribution in [1.29, 1.82) is 0 Å². The molecule has 3 aliphatic rings. The number of hydrogen-bond acceptors (Lipinski definition) is 7. The van der Waals surface area contributed by atoms with Crippen LogP contribution in [0.5, 0.6) is 0 Å². The molecule has 12 heteroatoms. The zero-order valence-corrected chi connectivity index (χ0v) is 23.3. The van der Waals surface area contributed by atoms with Gasteiger partial charge in [-0.25, -0.2) is 0 Å². The van der Waals surface area contributed by atoms with E-state index in [0.717, 1.165) is 35.8 Å². The maximum absolute atomic E-state index is 14.5. The van der Waals surface area contributed by atoms with E-state index >= 15 is 0 Å². The Morgan fingerprint density at radius 2 is 1.98 bits per heavy atom. The Balaban J connectivity index is 1.42. The minimum atomic E-state index is -4.79. The standard InChI is InChI=1S/C30H32F3N5O4/c1-28(7-4-8-28)34-14-18-9-22-24(23(10-18)30(31,32)33)26(42-17-40)38(25(22)41)21-6-3-5-20(11-21)29(12-19(13-29)15-39)27-36-35-16-37(27)2/h3,5-6,9-11,16-17,19,26,34,39H,4,7-8,12-15H2,1-2H3. The highest BCUT2D eigenvalue weighted by atomic mass is 19.4. The molecule has 0 saturated heterocycles. The maximum Gasteiger partial charge on any atom is 0.416 e. The van der Waals surface area contributed by atoms with Gasteiger partial charge in [-0.3, -0.25) is 14.5 Å². The lowest BCUT2D eigenvalue weighted by Gasteiger charge is -2.47. The van der Waals surface area contributed by atoms with Crippen LogP contribution in [0.4, 0.5) is 18.9 Å². The monoisotopic (exact) mass is 583 g/mol. The lowest BCUT2D eigenvalue weighted by Crippen LogP contribution is -2.47. The summed E-state index contributed by atoms with van der Waals surface area (Å²) in [5.41, 5.74) is -0.914. The quantitative estimate of drug-likeness (QED) is 0.360. The molecular weight excluding hydrogens is 551 g/mol. The van der Waals surface area contributed by atoms with Crippen LogP contribution in [-0.2, 0) is 34.7 Å². The average molecular weight is 584 g/mol. The Morgan fingerprint density at radius 1 is 1.21 bits per heavy atom. The zero-order valence-electron chi connectivity index (χ0n) is 23.3. The number of aliphatic hydroxyl groups excluding tert-OH is 1. The van der Waals surface area contributed by atoms with Crippen LogP contribution in [0.2, 0.25) is 0 Å². The van der Waals surface area contributed by atoms with Crippen molar-refractivity contribution in [3.63, 3.8) is 0 Å². The summed E-state index contributed by atoms with van der Waals surface area (Å²) < 4.78 is 50.4. The van der Waals surface area contributed by atoms with E-state index in [1.54, 1.807) is 29.1 Å². The summed E-state index contributed by atoms with van der Waals surface area (Å²) in [7, 11) is 1.82. The molecule has 3 aromatic rings. The Labute approximate surface area is 240 Å². The fourth-order valence-corrected chi connectivity index (χ4v) is 6.76. The number of halogens is 3. The summed E-state index contributed by atoms with van der Waals surface area (Å²) in [5.74, 6) is 0.0289. The largest absolute Gasteiger partial charge is 0.439 e. The van der Waals surface area contributed by atoms with Gasteiger partial charge in [0.2, 0.25) is 6.23 Å². The Morgan fingerprint density at radius 3 is 2.57 bits per heavy atom. The van der Waals surface area contributed by atoms with Gasteiger partial charge in [0, 0.05) is 42.6 Å². The van der Waals surface area contributed by atoms with Crippen molar-refractivity contribution >= 4 is 18.1 Å². The summed E-state index contributed by atoms with van der Waals surface area (Å²) in [5, 5.41) is 21.4. The second-order valence-corrected chi connectivity index (χ2v) is 12.0. The number of hydrogen-bond donors (Lipinski definition) is 2. The Bertz CT molecular complexity index is 1530. The number of amides is 1. The van der Waals surface area contributed by atoms with E-state index in [1.165, 1.54) is 6.07 Å². The van der Waals surface area contributed by atoms with Gasteiger partial charge in [0.25, 0.3) is 12.4 Å². The van der Waals surface area contributed by atoms with Crippen LogP contribution in [0.1, 0.15) is 83.7 Å². The van der Waals surface area contributed by atoms with Crippen LogP contribution in [0.25, 0.3) is 0 Å². The molecule has 9 nitrogen and oxygen atoms in total. The molecule has 1 aliphatic heterocycles. The Hall–Kier alpha value is -3.77. The van der Waals surface area contributed by atoms with Gasteiger partial charge in [0.1, 0.15) is 12.2 Å². The second-order valence-electron chi connectivity index (χ2n) is 12.0. The lowest BCUT2D eigenvalue weighted by molar-refractivity contribution is -0.142.